The summed E-state index contributed by atoms with van der Waals surface area (Å²) in [6.45, 7) is 1.16. The summed E-state index contributed by atoms with van der Waals surface area (Å²) in [7, 11) is 1.21. The zero-order valence-corrected chi connectivity index (χ0v) is 13.8. The van der Waals surface area contributed by atoms with Gasteiger partial charge in [-0.15, -0.1) is 0 Å². The number of esters is 1. The van der Waals surface area contributed by atoms with E-state index in [2.05, 4.69) is 15.5 Å². The number of aromatic nitrogens is 1. The lowest BCUT2D eigenvalue weighted by atomic mass is 10.1. The van der Waals surface area contributed by atoms with Crippen molar-refractivity contribution in [1.82, 2.24) is 10.4 Å². The van der Waals surface area contributed by atoms with Gasteiger partial charge in [-0.1, -0.05) is 0 Å². The zero-order chi connectivity index (χ0) is 19.1. The molecule has 0 fully saturated rings. The first-order chi connectivity index (χ1) is 12.4. The Morgan fingerprint density at radius 2 is 1.96 bits per heavy atom. The Morgan fingerprint density at radius 3 is 2.54 bits per heavy atom. The maximum Gasteiger partial charge on any atom is 0.323 e. The Kier molecular flexibility index (Phi) is 5.93. The third-order valence-corrected chi connectivity index (χ3v) is 3.08. The summed E-state index contributed by atoms with van der Waals surface area (Å²) in [5, 5.41) is 15.1. The number of hydrazone groups is 1. The minimum Gasteiger partial charge on any atom is -0.488 e. The molecule has 0 aliphatic carbocycles. The molecule has 1 heterocycles. The minimum atomic E-state index is -0.697. The summed E-state index contributed by atoms with van der Waals surface area (Å²) in [6.07, 6.45) is 3.99. The van der Waals surface area contributed by atoms with Crippen LogP contribution in [0.3, 0.4) is 0 Å². The first-order valence-electron chi connectivity index (χ1n) is 7.21. The molecule has 1 amide bonds. The molecule has 0 bridgehead atoms. The fraction of sp³-hybridized carbons (Fsp3) is 0.125. The van der Waals surface area contributed by atoms with E-state index in [0.717, 1.165) is 13.1 Å². The molecular formula is C16H14N4O6. The first-order valence-corrected chi connectivity index (χ1v) is 7.21. The molecule has 0 saturated carbocycles. The van der Waals surface area contributed by atoms with Crippen LogP contribution in [0, 0.1) is 10.1 Å². The lowest BCUT2D eigenvalue weighted by molar-refractivity contribution is -0.385. The highest BCUT2D eigenvalue weighted by Gasteiger charge is 2.25. The second-order valence-corrected chi connectivity index (χ2v) is 4.82. The zero-order valence-electron chi connectivity index (χ0n) is 13.8. The lowest BCUT2D eigenvalue weighted by Gasteiger charge is -2.09. The SMILES string of the molecule is COc1c(OC(C)=O)ccc(C=NNC(=O)c2ccncc2)c1[N+](=O)[O-]. The standard InChI is InChI=1S/C16H14N4O6/c1-10(21)26-13-4-3-12(14(20(23)24)15(13)25-2)9-18-19-16(22)11-5-7-17-8-6-11/h3-9H,1-2H3,(H,19,22). The maximum absolute atomic E-state index is 11.9. The normalized spacial score (nSPS) is 10.4. The number of carbonyl (C=O) groups is 2. The third-order valence-electron chi connectivity index (χ3n) is 3.08. The molecule has 0 atom stereocenters. The molecule has 2 aromatic rings. The van der Waals surface area contributed by atoms with E-state index in [4.69, 9.17) is 9.47 Å². The van der Waals surface area contributed by atoms with Gasteiger partial charge in [-0.2, -0.15) is 5.10 Å². The molecule has 0 aliphatic heterocycles. The molecule has 0 saturated heterocycles. The number of nitrogens with zero attached hydrogens (tertiary/aromatic N) is 3. The Bertz CT molecular complexity index is 867. The summed E-state index contributed by atoms with van der Waals surface area (Å²) in [5.41, 5.74) is 2.18. The number of nitro benzene ring substituents is 1. The Morgan fingerprint density at radius 1 is 1.27 bits per heavy atom. The van der Waals surface area contributed by atoms with Crippen LogP contribution in [0.15, 0.2) is 41.8 Å². The minimum absolute atomic E-state index is 0.0535. The topological polar surface area (TPSA) is 133 Å². The maximum atomic E-state index is 11.9. The van der Waals surface area contributed by atoms with Crippen LogP contribution in [-0.2, 0) is 4.79 Å². The van der Waals surface area contributed by atoms with Crippen LogP contribution in [0.25, 0.3) is 0 Å². The van der Waals surface area contributed by atoms with Crippen molar-refractivity contribution in [3.63, 3.8) is 0 Å². The number of methoxy groups -OCH3 is 1. The van der Waals surface area contributed by atoms with E-state index in [1.54, 1.807) is 0 Å². The fourth-order valence-electron chi connectivity index (χ4n) is 2.02. The van der Waals surface area contributed by atoms with Gasteiger partial charge >= 0.3 is 11.7 Å². The molecule has 0 radical (unpaired) electrons. The van der Waals surface area contributed by atoms with E-state index >= 15 is 0 Å². The molecule has 26 heavy (non-hydrogen) atoms. The van der Waals surface area contributed by atoms with Crippen molar-refractivity contribution in [2.75, 3.05) is 7.11 Å². The quantitative estimate of drug-likeness (QED) is 0.273. The number of benzene rings is 1. The van der Waals surface area contributed by atoms with Gasteiger partial charge in [-0.3, -0.25) is 24.7 Å². The van der Waals surface area contributed by atoms with Crippen LogP contribution in [0.1, 0.15) is 22.8 Å². The van der Waals surface area contributed by atoms with Gasteiger partial charge in [0.15, 0.2) is 5.75 Å². The van der Waals surface area contributed by atoms with Crippen molar-refractivity contribution in [3.8, 4) is 11.5 Å². The Labute approximate surface area is 147 Å². The van der Waals surface area contributed by atoms with Crippen LogP contribution >= 0.6 is 0 Å². The lowest BCUT2D eigenvalue weighted by Crippen LogP contribution is -2.17. The number of ether oxygens (including phenoxy) is 2. The second-order valence-electron chi connectivity index (χ2n) is 4.82. The van der Waals surface area contributed by atoms with Crippen LogP contribution in [0.4, 0.5) is 5.69 Å². The van der Waals surface area contributed by atoms with Crippen molar-refractivity contribution in [2.24, 2.45) is 5.10 Å². The number of amides is 1. The molecule has 134 valence electrons. The number of carbonyl (C=O) groups excluding carboxylic acids is 2. The van der Waals surface area contributed by atoms with Crippen molar-refractivity contribution in [2.45, 2.75) is 6.92 Å². The van der Waals surface area contributed by atoms with E-state index in [1.165, 1.54) is 43.8 Å². The predicted octanol–water partition coefficient (Wildman–Crippen LogP) is 1.69. The number of nitrogens with one attached hydrogen (secondary N) is 1. The van der Waals surface area contributed by atoms with Crippen molar-refractivity contribution >= 4 is 23.8 Å². The summed E-state index contributed by atoms with van der Waals surface area (Å²) in [5.74, 6) is -1.47. The average Bonchev–Trinajstić information content (AvgIpc) is 2.62. The fourth-order valence-corrected chi connectivity index (χ4v) is 2.02. The smallest absolute Gasteiger partial charge is 0.323 e. The highest BCUT2D eigenvalue weighted by molar-refractivity contribution is 5.95. The molecule has 10 nitrogen and oxygen atoms in total. The largest absolute Gasteiger partial charge is 0.488 e. The van der Waals surface area contributed by atoms with Crippen LogP contribution in [0.5, 0.6) is 11.5 Å². The number of rotatable bonds is 6. The van der Waals surface area contributed by atoms with Gasteiger partial charge in [-0.25, -0.2) is 5.43 Å². The number of nitro groups is 1. The highest BCUT2D eigenvalue weighted by atomic mass is 16.6. The molecule has 1 aromatic carbocycles. The Balaban J connectivity index is 2.29. The van der Waals surface area contributed by atoms with Gasteiger partial charge in [0.05, 0.1) is 23.8 Å². The number of pyridine rings is 1. The van der Waals surface area contributed by atoms with E-state index in [-0.39, 0.29) is 17.1 Å². The summed E-state index contributed by atoms with van der Waals surface area (Å²) in [4.78, 5) is 37.5. The molecule has 1 aromatic heterocycles. The van der Waals surface area contributed by atoms with Crippen molar-refractivity contribution in [1.29, 1.82) is 0 Å². The molecule has 1 N–H and O–H groups in total. The number of hydrogen-bond donors (Lipinski definition) is 1. The Hall–Kier alpha value is -3.82. The van der Waals surface area contributed by atoms with Gasteiger partial charge in [-0.05, 0) is 24.3 Å². The highest BCUT2D eigenvalue weighted by Crippen LogP contribution is 2.39. The van der Waals surface area contributed by atoms with Crippen molar-refractivity contribution in [3.05, 3.63) is 57.9 Å². The third kappa shape index (κ3) is 4.38. The summed E-state index contributed by atoms with van der Waals surface area (Å²) >= 11 is 0. The van der Waals surface area contributed by atoms with Crippen molar-refractivity contribution < 1.29 is 24.0 Å². The van der Waals surface area contributed by atoms with E-state index in [0.29, 0.717) is 5.56 Å². The molecule has 0 spiro atoms. The molecule has 2 rings (SSSR count). The van der Waals surface area contributed by atoms with Gasteiger partial charge in [0, 0.05) is 24.9 Å². The molecular weight excluding hydrogens is 344 g/mol. The van der Waals surface area contributed by atoms with Gasteiger partial charge in [0.2, 0.25) is 5.75 Å². The van der Waals surface area contributed by atoms with E-state index < -0.39 is 22.5 Å². The summed E-state index contributed by atoms with van der Waals surface area (Å²) < 4.78 is 9.90. The molecule has 0 aliphatic rings. The average molecular weight is 358 g/mol. The first kappa shape index (κ1) is 18.5. The van der Waals surface area contributed by atoms with E-state index in [9.17, 15) is 19.7 Å². The number of hydrogen-bond acceptors (Lipinski definition) is 8. The second kappa shape index (κ2) is 8.33. The monoisotopic (exact) mass is 358 g/mol. The van der Waals surface area contributed by atoms with Crippen LogP contribution < -0.4 is 14.9 Å². The molecule has 10 heteroatoms. The predicted molar refractivity (Wildman–Crippen MR) is 90.3 cm³/mol. The van der Waals surface area contributed by atoms with E-state index in [1.807, 2.05) is 0 Å². The van der Waals surface area contributed by atoms with Crippen LogP contribution in [0.2, 0.25) is 0 Å². The van der Waals surface area contributed by atoms with Gasteiger partial charge in [0.1, 0.15) is 0 Å². The summed E-state index contributed by atoms with van der Waals surface area (Å²) in [6, 6.07) is 5.63. The van der Waals surface area contributed by atoms with Gasteiger partial charge in [0.25, 0.3) is 5.91 Å². The van der Waals surface area contributed by atoms with Gasteiger partial charge < -0.3 is 9.47 Å². The molecule has 0 unspecified atom stereocenters. The van der Waals surface area contributed by atoms with Crippen LogP contribution in [-0.4, -0.2) is 35.1 Å².